The second-order valence-corrected chi connectivity index (χ2v) is 7.90. The van der Waals surface area contributed by atoms with Crippen LogP contribution in [0.25, 0.3) is 10.6 Å². The number of piperidine rings is 1. The third-order valence-corrected chi connectivity index (χ3v) is 5.42. The molecule has 2 aromatic heterocycles. The summed E-state index contributed by atoms with van der Waals surface area (Å²) < 4.78 is 0. The molecular formula is C19H26N4OS. The maximum Gasteiger partial charge on any atom is 0.226 e. The molecule has 2 aromatic rings. The van der Waals surface area contributed by atoms with E-state index in [1.54, 1.807) is 23.7 Å². The number of likely N-dealkylation sites (tertiary alicyclic amines) is 1. The highest BCUT2D eigenvalue weighted by Crippen LogP contribution is 2.22. The van der Waals surface area contributed by atoms with Crippen molar-refractivity contribution in [2.45, 2.75) is 39.2 Å². The van der Waals surface area contributed by atoms with Crippen LogP contribution in [0.5, 0.6) is 0 Å². The highest BCUT2D eigenvalue weighted by molar-refractivity contribution is 7.13. The molecule has 2 atom stereocenters. The Morgan fingerprint density at radius 1 is 1.52 bits per heavy atom. The Kier molecular flexibility index (Phi) is 6.15. The normalized spacial score (nSPS) is 19.5. The van der Waals surface area contributed by atoms with Crippen LogP contribution in [0.3, 0.4) is 0 Å². The number of pyridine rings is 1. The van der Waals surface area contributed by atoms with E-state index in [0.717, 1.165) is 41.8 Å². The summed E-state index contributed by atoms with van der Waals surface area (Å²) in [4.78, 5) is 23.4. The molecular weight excluding hydrogens is 332 g/mol. The smallest absolute Gasteiger partial charge is 0.226 e. The van der Waals surface area contributed by atoms with Crippen molar-refractivity contribution in [3.8, 4) is 10.6 Å². The highest BCUT2D eigenvalue weighted by Gasteiger charge is 2.19. The van der Waals surface area contributed by atoms with E-state index in [0.29, 0.717) is 6.42 Å². The lowest BCUT2D eigenvalue weighted by Gasteiger charge is -2.32. The first-order chi connectivity index (χ1) is 12.1. The lowest BCUT2D eigenvalue weighted by molar-refractivity contribution is -0.121. The standard InChI is InChI=1S/C19H26N4OS/c1-14-5-4-8-23(11-14)12-15(2)21-18(24)9-17-13-25-19(22-17)16-6-3-7-20-10-16/h3,6-7,10,13-15H,4-5,8-9,11-12H2,1-2H3,(H,21,24). The van der Waals surface area contributed by atoms with E-state index >= 15 is 0 Å². The van der Waals surface area contributed by atoms with Gasteiger partial charge in [0.25, 0.3) is 0 Å². The van der Waals surface area contributed by atoms with Gasteiger partial charge in [-0.2, -0.15) is 0 Å². The minimum atomic E-state index is 0.0422. The Bertz CT molecular complexity index is 688. The zero-order valence-electron chi connectivity index (χ0n) is 14.9. The van der Waals surface area contributed by atoms with Gasteiger partial charge in [0.05, 0.1) is 12.1 Å². The van der Waals surface area contributed by atoms with Crippen LogP contribution in [-0.4, -0.2) is 46.5 Å². The topological polar surface area (TPSA) is 58.1 Å². The average molecular weight is 359 g/mol. The van der Waals surface area contributed by atoms with Crippen molar-refractivity contribution in [2.75, 3.05) is 19.6 Å². The van der Waals surface area contributed by atoms with Gasteiger partial charge < -0.3 is 10.2 Å². The van der Waals surface area contributed by atoms with Crippen LogP contribution in [-0.2, 0) is 11.2 Å². The lowest BCUT2D eigenvalue weighted by Crippen LogP contribution is -2.45. The van der Waals surface area contributed by atoms with Crippen molar-refractivity contribution in [3.63, 3.8) is 0 Å². The van der Waals surface area contributed by atoms with Crippen molar-refractivity contribution < 1.29 is 4.79 Å². The van der Waals surface area contributed by atoms with E-state index in [1.165, 1.54) is 12.8 Å². The monoisotopic (exact) mass is 358 g/mol. The molecule has 0 aromatic carbocycles. The van der Waals surface area contributed by atoms with Gasteiger partial charge in [0.15, 0.2) is 0 Å². The van der Waals surface area contributed by atoms with Gasteiger partial charge in [0, 0.05) is 42.5 Å². The van der Waals surface area contributed by atoms with E-state index in [1.807, 2.05) is 17.5 Å². The van der Waals surface area contributed by atoms with Crippen LogP contribution in [0.15, 0.2) is 29.9 Å². The van der Waals surface area contributed by atoms with Gasteiger partial charge in [-0.25, -0.2) is 4.98 Å². The lowest BCUT2D eigenvalue weighted by atomic mass is 10.00. The van der Waals surface area contributed by atoms with Gasteiger partial charge in [-0.15, -0.1) is 11.3 Å². The molecule has 1 aliphatic heterocycles. The molecule has 0 saturated carbocycles. The molecule has 25 heavy (non-hydrogen) atoms. The summed E-state index contributed by atoms with van der Waals surface area (Å²) in [6, 6.07) is 4.04. The molecule has 1 amide bonds. The molecule has 0 spiro atoms. The van der Waals surface area contributed by atoms with E-state index in [2.05, 4.69) is 34.0 Å². The number of hydrogen-bond acceptors (Lipinski definition) is 5. The van der Waals surface area contributed by atoms with Crippen LogP contribution < -0.4 is 5.32 Å². The SMILES string of the molecule is CC1CCCN(CC(C)NC(=O)Cc2csc(-c3cccnc3)n2)C1. The van der Waals surface area contributed by atoms with Gasteiger partial charge in [-0.05, 0) is 44.4 Å². The van der Waals surface area contributed by atoms with Crippen molar-refractivity contribution in [1.29, 1.82) is 0 Å². The summed E-state index contributed by atoms with van der Waals surface area (Å²) in [7, 11) is 0. The van der Waals surface area contributed by atoms with Crippen molar-refractivity contribution in [1.82, 2.24) is 20.2 Å². The van der Waals surface area contributed by atoms with E-state index < -0.39 is 0 Å². The van der Waals surface area contributed by atoms with Gasteiger partial charge in [0.2, 0.25) is 5.91 Å². The van der Waals surface area contributed by atoms with Crippen molar-refractivity contribution in [3.05, 3.63) is 35.6 Å². The summed E-state index contributed by atoms with van der Waals surface area (Å²) in [5.41, 5.74) is 1.81. The van der Waals surface area contributed by atoms with Gasteiger partial charge >= 0.3 is 0 Å². The highest BCUT2D eigenvalue weighted by atomic mass is 32.1. The first kappa shape index (κ1) is 18.0. The fourth-order valence-corrected chi connectivity index (χ4v) is 4.20. The Hall–Kier alpha value is -1.79. The van der Waals surface area contributed by atoms with Gasteiger partial charge in [0.1, 0.15) is 5.01 Å². The largest absolute Gasteiger partial charge is 0.352 e. The molecule has 0 bridgehead atoms. The van der Waals surface area contributed by atoms with Gasteiger partial charge in [-0.1, -0.05) is 6.92 Å². The summed E-state index contributed by atoms with van der Waals surface area (Å²) in [6.07, 6.45) is 6.45. The van der Waals surface area contributed by atoms with Gasteiger partial charge in [-0.3, -0.25) is 9.78 Å². The number of carbonyl (C=O) groups excluding carboxylic acids is 1. The summed E-state index contributed by atoms with van der Waals surface area (Å²) in [5, 5.41) is 5.98. The Labute approximate surface area is 153 Å². The maximum absolute atomic E-state index is 12.3. The number of hydrogen-bond donors (Lipinski definition) is 1. The van der Waals surface area contributed by atoms with Crippen LogP contribution in [0.2, 0.25) is 0 Å². The minimum absolute atomic E-state index is 0.0422. The molecule has 3 rings (SSSR count). The first-order valence-corrected chi connectivity index (χ1v) is 9.84. The predicted octanol–water partition coefficient (Wildman–Crippen LogP) is 2.98. The van der Waals surface area contributed by atoms with E-state index in [9.17, 15) is 4.79 Å². The molecule has 6 heteroatoms. The second-order valence-electron chi connectivity index (χ2n) is 7.04. The Balaban J connectivity index is 1.48. The molecule has 1 fully saturated rings. The van der Waals surface area contributed by atoms with E-state index in [4.69, 9.17) is 0 Å². The maximum atomic E-state index is 12.3. The molecule has 3 heterocycles. The second kappa shape index (κ2) is 8.54. The first-order valence-electron chi connectivity index (χ1n) is 8.96. The summed E-state index contributed by atoms with van der Waals surface area (Å²) >= 11 is 1.55. The molecule has 0 radical (unpaired) electrons. The van der Waals surface area contributed by atoms with Crippen LogP contribution in [0.1, 0.15) is 32.4 Å². The fourth-order valence-electron chi connectivity index (χ4n) is 3.39. The molecule has 5 nitrogen and oxygen atoms in total. The Morgan fingerprint density at radius 2 is 2.40 bits per heavy atom. The molecule has 1 saturated heterocycles. The number of rotatable bonds is 6. The molecule has 1 aliphatic rings. The summed E-state index contributed by atoms with van der Waals surface area (Å²) in [6.45, 7) is 7.59. The molecule has 1 N–H and O–H groups in total. The zero-order valence-corrected chi connectivity index (χ0v) is 15.8. The average Bonchev–Trinajstić information content (AvgIpc) is 3.03. The Morgan fingerprint density at radius 3 is 3.16 bits per heavy atom. The molecule has 0 aliphatic carbocycles. The van der Waals surface area contributed by atoms with Crippen molar-refractivity contribution >= 4 is 17.2 Å². The number of aromatic nitrogens is 2. The predicted molar refractivity (Wildman–Crippen MR) is 101 cm³/mol. The third kappa shape index (κ3) is 5.34. The number of amides is 1. The minimum Gasteiger partial charge on any atom is -0.352 e. The third-order valence-electron chi connectivity index (χ3n) is 4.48. The van der Waals surface area contributed by atoms with Crippen LogP contribution in [0.4, 0.5) is 0 Å². The fraction of sp³-hybridized carbons (Fsp3) is 0.526. The number of nitrogens with zero attached hydrogens (tertiary/aromatic N) is 3. The molecule has 134 valence electrons. The quantitative estimate of drug-likeness (QED) is 0.862. The number of nitrogens with one attached hydrogen (secondary N) is 1. The molecule has 2 unspecified atom stereocenters. The number of thiazole rings is 1. The summed E-state index contributed by atoms with van der Waals surface area (Å²) in [5.74, 6) is 0.804. The van der Waals surface area contributed by atoms with Crippen LogP contribution in [0, 0.1) is 5.92 Å². The number of carbonyl (C=O) groups is 1. The van der Waals surface area contributed by atoms with Crippen molar-refractivity contribution in [2.24, 2.45) is 5.92 Å². The van der Waals surface area contributed by atoms with E-state index in [-0.39, 0.29) is 11.9 Å². The van der Waals surface area contributed by atoms with Crippen LogP contribution >= 0.6 is 11.3 Å². The zero-order chi connectivity index (χ0) is 17.6.